The van der Waals surface area contributed by atoms with Gasteiger partial charge in [0.25, 0.3) is 15.9 Å². The van der Waals surface area contributed by atoms with E-state index in [2.05, 4.69) is 10.0 Å². The molecule has 3 aromatic carbocycles. The number of benzene rings is 3. The van der Waals surface area contributed by atoms with Crippen LogP contribution in [0.2, 0.25) is 0 Å². The first-order valence-corrected chi connectivity index (χ1v) is 10.7. The number of methoxy groups -OCH3 is 1. The van der Waals surface area contributed by atoms with Gasteiger partial charge in [0.2, 0.25) is 0 Å². The highest BCUT2D eigenvalue weighted by molar-refractivity contribution is 7.92. The maximum atomic E-state index is 12.9. The Hall–Kier alpha value is -3.59. The quantitative estimate of drug-likeness (QED) is 0.549. The van der Waals surface area contributed by atoms with Crippen LogP contribution in [0.3, 0.4) is 0 Å². The lowest BCUT2D eigenvalue weighted by Gasteiger charge is -2.12. The van der Waals surface area contributed by atoms with Gasteiger partial charge in [-0.1, -0.05) is 0 Å². The second-order valence-corrected chi connectivity index (χ2v) is 8.29. The lowest BCUT2D eigenvalue weighted by atomic mass is 10.2. The fourth-order valence-electron chi connectivity index (χ4n) is 2.70. The highest BCUT2D eigenvalue weighted by Gasteiger charge is 2.16. The summed E-state index contributed by atoms with van der Waals surface area (Å²) < 4.78 is 51.2. The molecule has 31 heavy (non-hydrogen) atoms. The average molecular weight is 444 g/mol. The van der Waals surface area contributed by atoms with Crippen molar-refractivity contribution < 1.29 is 27.1 Å². The molecule has 0 heterocycles. The van der Waals surface area contributed by atoms with Gasteiger partial charge >= 0.3 is 0 Å². The molecule has 1 amide bonds. The van der Waals surface area contributed by atoms with Crippen LogP contribution in [-0.2, 0) is 14.8 Å². The highest BCUT2D eigenvalue weighted by Crippen LogP contribution is 2.24. The fraction of sp³-hybridized carbons (Fsp3) is 0.136. The van der Waals surface area contributed by atoms with Crippen LogP contribution >= 0.6 is 0 Å². The summed E-state index contributed by atoms with van der Waals surface area (Å²) >= 11 is 0. The monoisotopic (exact) mass is 444 g/mol. The molecule has 7 nitrogen and oxygen atoms in total. The third kappa shape index (κ3) is 5.95. The van der Waals surface area contributed by atoms with Crippen molar-refractivity contribution in [3.63, 3.8) is 0 Å². The molecule has 9 heteroatoms. The zero-order valence-corrected chi connectivity index (χ0v) is 17.7. The maximum absolute atomic E-state index is 12.9. The normalized spacial score (nSPS) is 10.9. The van der Waals surface area contributed by atoms with Gasteiger partial charge in [0.15, 0.2) is 6.61 Å². The minimum Gasteiger partial charge on any atom is -0.497 e. The van der Waals surface area contributed by atoms with Crippen LogP contribution in [0.25, 0.3) is 0 Å². The molecule has 0 fully saturated rings. The first-order chi connectivity index (χ1) is 14.8. The van der Waals surface area contributed by atoms with Crippen LogP contribution in [0, 0.1) is 12.7 Å². The number of hydrogen-bond donors (Lipinski definition) is 2. The number of carbonyl (C=O) groups excluding carboxylic acids is 1. The molecule has 0 aliphatic heterocycles. The van der Waals surface area contributed by atoms with E-state index in [-0.39, 0.29) is 11.5 Å². The highest BCUT2D eigenvalue weighted by atomic mass is 32.2. The Kier molecular flexibility index (Phi) is 6.76. The van der Waals surface area contributed by atoms with Crippen LogP contribution in [0.15, 0.2) is 71.6 Å². The Labute approximate surface area is 179 Å². The van der Waals surface area contributed by atoms with Crippen molar-refractivity contribution in [2.24, 2.45) is 0 Å². The van der Waals surface area contributed by atoms with E-state index in [1.165, 1.54) is 49.6 Å². The molecule has 0 atom stereocenters. The summed E-state index contributed by atoms with van der Waals surface area (Å²) in [7, 11) is -2.28. The number of amides is 1. The van der Waals surface area contributed by atoms with Crippen molar-refractivity contribution in [2.45, 2.75) is 11.8 Å². The van der Waals surface area contributed by atoms with Gasteiger partial charge in [-0.3, -0.25) is 9.52 Å². The third-order valence-corrected chi connectivity index (χ3v) is 5.66. The van der Waals surface area contributed by atoms with E-state index < -0.39 is 21.7 Å². The van der Waals surface area contributed by atoms with Crippen molar-refractivity contribution in [1.29, 1.82) is 0 Å². The standard InChI is InChI=1S/C22H21FN2O5S/c1-15-13-20(31(27,28)25-18-7-9-19(29-2)10-8-18)11-12-21(15)30-14-22(26)24-17-5-3-16(23)4-6-17/h3-13,25H,14H2,1-2H3,(H,24,26). The van der Waals surface area contributed by atoms with E-state index >= 15 is 0 Å². The number of aryl methyl sites for hydroxylation is 1. The number of nitrogens with one attached hydrogen (secondary N) is 2. The van der Waals surface area contributed by atoms with Gasteiger partial charge in [-0.25, -0.2) is 12.8 Å². The molecule has 2 N–H and O–H groups in total. The Balaban J connectivity index is 1.63. The molecule has 0 saturated carbocycles. The van der Waals surface area contributed by atoms with Crippen molar-refractivity contribution in [3.8, 4) is 11.5 Å². The largest absolute Gasteiger partial charge is 0.497 e. The average Bonchev–Trinajstić information content (AvgIpc) is 2.75. The Bertz CT molecular complexity index is 1160. The number of halogens is 1. The fourth-order valence-corrected chi connectivity index (χ4v) is 3.84. The van der Waals surface area contributed by atoms with Crippen LogP contribution in [0.1, 0.15) is 5.56 Å². The first kappa shape index (κ1) is 22.1. The number of hydrogen-bond acceptors (Lipinski definition) is 5. The van der Waals surface area contributed by atoms with E-state index in [1.54, 1.807) is 31.2 Å². The topological polar surface area (TPSA) is 93.7 Å². The zero-order chi connectivity index (χ0) is 22.4. The summed E-state index contributed by atoms with van der Waals surface area (Å²) in [5.74, 6) is 0.159. The van der Waals surface area contributed by atoms with E-state index in [0.717, 1.165) is 0 Å². The van der Waals surface area contributed by atoms with Crippen LogP contribution in [-0.4, -0.2) is 28.0 Å². The molecule has 0 bridgehead atoms. The van der Waals surface area contributed by atoms with Gasteiger partial charge in [-0.05, 0) is 79.2 Å². The Morgan fingerprint density at radius 2 is 1.61 bits per heavy atom. The molecule has 0 radical (unpaired) electrons. The number of anilines is 2. The van der Waals surface area contributed by atoms with E-state index in [0.29, 0.717) is 28.4 Å². The SMILES string of the molecule is COc1ccc(NS(=O)(=O)c2ccc(OCC(=O)Nc3ccc(F)cc3)c(C)c2)cc1. The molecule has 3 aromatic rings. The molecule has 3 rings (SSSR count). The van der Waals surface area contributed by atoms with Crippen molar-refractivity contribution in [1.82, 2.24) is 0 Å². The zero-order valence-electron chi connectivity index (χ0n) is 16.9. The van der Waals surface area contributed by atoms with Crippen molar-refractivity contribution in [2.75, 3.05) is 23.8 Å². The summed E-state index contributed by atoms with van der Waals surface area (Å²) in [6, 6.07) is 16.2. The molecule has 0 spiro atoms. The van der Waals surface area contributed by atoms with Gasteiger partial charge in [0.1, 0.15) is 17.3 Å². The predicted molar refractivity (Wildman–Crippen MR) is 116 cm³/mol. The summed E-state index contributed by atoms with van der Waals surface area (Å²) in [4.78, 5) is 12.1. The van der Waals surface area contributed by atoms with Gasteiger partial charge in [-0.2, -0.15) is 0 Å². The molecular formula is C22H21FN2O5S. The minimum atomic E-state index is -3.80. The number of rotatable bonds is 8. The van der Waals surface area contributed by atoms with Crippen LogP contribution in [0.5, 0.6) is 11.5 Å². The number of ether oxygens (including phenoxy) is 2. The molecule has 0 aliphatic rings. The van der Waals surface area contributed by atoms with E-state index in [4.69, 9.17) is 9.47 Å². The molecule has 0 saturated heterocycles. The van der Waals surface area contributed by atoms with Gasteiger partial charge in [-0.15, -0.1) is 0 Å². The predicted octanol–water partition coefficient (Wildman–Crippen LogP) is 3.96. The Morgan fingerprint density at radius 3 is 2.23 bits per heavy atom. The molecule has 0 unspecified atom stereocenters. The third-order valence-electron chi connectivity index (χ3n) is 4.29. The van der Waals surface area contributed by atoms with E-state index in [9.17, 15) is 17.6 Å². The lowest BCUT2D eigenvalue weighted by Crippen LogP contribution is -2.20. The van der Waals surface area contributed by atoms with Gasteiger partial charge in [0, 0.05) is 11.4 Å². The lowest BCUT2D eigenvalue weighted by molar-refractivity contribution is -0.118. The molecular weight excluding hydrogens is 423 g/mol. The molecule has 162 valence electrons. The van der Waals surface area contributed by atoms with Crippen molar-refractivity contribution >= 4 is 27.3 Å². The first-order valence-electron chi connectivity index (χ1n) is 9.22. The smallest absolute Gasteiger partial charge is 0.262 e. The van der Waals surface area contributed by atoms with Gasteiger partial charge < -0.3 is 14.8 Å². The summed E-state index contributed by atoms with van der Waals surface area (Å²) in [5.41, 5.74) is 1.39. The number of sulfonamides is 1. The minimum absolute atomic E-state index is 0.0592. The second-order valence-electron chi connectivity index (χ2n) is 6.61. The second kappa shape index (κ2) is 9.48. The van der Waals surface area contributed by atoms with Crippen LogP contribution in [0.4, 0.5) is 15.8 Å². The van der Waals surface area contributed by atoms with Crippen LogP contribution < -0.4 is 19.5 Å². The summed E-state index contributed by atoms with van der Waals surface area (Å²) in [5, 5.41) is 2.58. The van der Waals surface area contributed by atoms with Gasteiger partial charge in [0.05, 0.1) is 12.0 Å². The van der Waals surface area contributed by atoms with E-state index in [1.807, 2.05) is 0 Å². The van der Waals surface area contributed by atoms with Crippen molar-refractivity contribution in [3.05, 3.63) is 78.1 Å². The summed E-state index contributed by atoms with van der Waals surface area (Å²) in [6.45, 7) is 1.40. The number of carbonyl (C=O) groups is 1. The maximum Gasteiger partial charge on any atom is 0.262 e. The Morgan fingerprint density at radius 1 is 0.968 bits per heavy atom. The molecule has 0 aromatic heterocycles. The molecule has 0 aliphatic carbocycles. The summed E-state index contributed by atoms with van der Waals surface area (Å²) in [6.07, 6.45) is 0.